The lowest BCUT2D eigenvalue weighted by Crippen LogP contribution is -2.31. The van der Waals surface area contributed by atoms with E-state index in [0.717, 1.165) is 36.3 Å². The van der Waals surface area contributed by atoms with Crippen molar-refractivity contribution < 1.29 is 38.2 Å². The summed E-state index contributed by atoms with van der Waals surface area (Å²) in [5, 5.41) is 0.585. The molecule has 54 heavy (non-hydrogen) atoms. The SMILES string of the molecule is COc1cc(-c2cc(OC)c(Sc3ccccc3)cc2OCc2ccccc2)c(OCCCCCC(=O)ON2C(=O)CCC2=O)cc1Sc1ccccc1. The van der Waals surface area contributed by atoms with Crippen LogP contribution in [0.4, 0.5) is 0 Å². The molecule has 1 aliphatic heterocycles. The Morgan fingerprint density at radius 2 is 1.11 bits per heavy atom. The average Bonchev–Trinajstić information content (AvgIpc) is 3.51. The Kier molecular flexibility index (Phi) is 13.6. The maximum absolute atomic E-state index is 12.3. The van der Waals surface area contributed by atoms with Crippen molar-refractivity contribution in [2.45, 2.75) is 64.7 Å². The number of rotatable bonds is 18. The van der Waals surface area contributed by atoms with E-state index in [9.17, 15) is 14.4 Å². The van der Waals surface area contributed by atoms with Crippen LogP contribution in [0.25, 0.3) is 11.1 Å². The molecule has 1 aliphatic rings. The summed E-state index contributed by atoms with van der Waals surface area (Å²) in [5.74, 6) is 1.07. The van der Waals surface area contributed by atoms with E-state index in [1.165, 1.54) is 0 Å². The second-order valence-electron chi connectivity index (χ2n) is 12.3. The second kappa shape index (κ2) is 19.1. The van der Waals surface area contributed by atoms with Crippen molar-refractivity contribution >= 4 is 41.3 Å². The van der Waals surface area contributed by atoms with Gasteiger partial charge < -0.3 is 23.8 Å². The average molecular weight is 764 g/mol. The highest BCUT2D eigenvalue weighted by atomic mass is 32.2. The summed E-state index contributed by atoms with van der Waals surface area (Å²) in [7, 11) is 3.31. The van der Waals surface area contributed by atoms with E-state index >= 15 is 0 Å². The van der Waals surface area contributed by atoms with E-state index in [4.69, 9.17) is 23.8 Å². The van der Waals surface area contributed by atoms with Crippen LogP contribution < -0.4 is 18.9 Å². The summed E-state index contributed by atoms with van der Waals surface area (Å²) >= 11 is 3.17. The topological polar surface area (TPSA) is 101 Å². The fraction of sp³-hybridized carbons (Fsp3) is 0.233. The fourth-order valence-corrected chi connectivity index (χ4v) is 7.63. The lowest BCUT2D eigenvalue weighted by molar-refractivity contribution is -0.197. The summed E-state index contributed by atoms with van der Waals surface area (Å²) in [6.45, 7) is 0.722. The monoisotopic (exact) mass is 763 g/mol. The molecule has 1 saturated heterocycles. The zero-order chi connectivity index (χ0) is 37.7. The largest absolute Gasteiger partial charge is 0.496 e. The molecule has 6 rings (SSSR count). The number of imide groups is 1. The molecule has 0 aromatic heterocycles. The molecular formula is C43H41NO8S2. The normalized spacial score (nSPS) is 12.4. The number of hydrogen-bond acceptors (Lipinski definition) is 10. The molecule has 11 heteroatoms. The molecule has 0 unspecified atom stereocenters. The number of hydroxylamine groups is 2. The van der Waals surface area contributed by atoms with Crippen LogP contribution >= 0.6 is 23.5 Å². The Bertz CT molecular complexity index is 2030. The van der Waals surface area contributed by atoms with Gasteiger partial charge in [0.25, 0.3) is 11.8 Å². The molecule has 278 valence electrons. The van der Waals surface area contributed by atoms with Gasteiger partial charge in [-0.2, -0.15) is 0 Å². The predicted molar refractivity (Wildman–Crippen MR) is 208 cm³/mol. The summed E-state index contributed by atoms with van der Waals surface area (Å²) in [5.41, 5.74) is 2.58. The molecule has 1 fully saturated rings. The van der Waals surface area contributed by atoms with Gasteiger partial charge in [-0.25, -0.2) is 4.79 Å². The third kappa shape index (κ3) is 10.2. The molecule has 0 N–H and O–H groups in total. The van der Waals surface area contributed by atoms with E-state index in [0.29, 0.717) is 60.5 Å². The number of nitrogens with zero attached hydrogens (tertiary/aromatic N) is 1. The standard InChI is InChI=1S/C43H41NO8S2/c1-48-37-25-33(34-26-38(49-2)40(54-32-19-11-5-12-20-32)28-36(34)51-29-30-15-7-3-8-16-30)35(27-39(37)53-31-17-9-4-10-18-31)50-24-14-6-13-21-43(47)52-44-41(45)22-23-42(44)46/h3-5,7-12,15-20,25-28H,6,13-14,21-24,29H2,1-2H3. The van der Waals surface area contributed by atoms with Gasteiger partial charge >= 0.3 is 5.97 Å². The second-order valence-corrected chi connectivity index (χ2v) is 14.5. The van der Waals surface area contributed by atoms with Crippen molar-refractivity contribution in [2.24, 2.45) is 0 Å². The van der Waals surface area contributed by atoms with Crippen LogP contribution in [0, 0.1) is 0 Å². The molecule has 1 heterocycles. The highest BCUT2D eigenvalue weighted by Gasteiger charge is 2.32. The molecule has 9 nitrogen and oxygen atoms in total. The van der Waals surface area contributed by atoms with Crippen LogP contribution in [0.2, 0.25) is 0 Å². The minimum atomic E-state index is -0.606. The van der Waals surface area contributed by atoms with Gasteiger partial charge in [-0.05, 0) is 73.4 Å². The quantitative estimate of drug-likeness (QED) is 0.0634. The summed E-state index contributed by atoms with van der Waals surface area (Å²) in [4.78, 5) is 44.8. The van der Waals surface area contributed by atoms with Gasteiger partial charge in [0, 0.05) is 40.2 Å². The van der Waals surface area contributed by atoms with Crippen LogP contribution in [0.15, 0.2) is 135 Å². The third-order valence-corrected chi connectivity index (χ3v) is 10.6. The first-order valence-corrected chi connectivity index (χ1v) is 19.3. The minimum absolute atomic E-state index is 0.0621. The van der Waals surface area contributed by atoms with Gasteiger partial charge in [0.1, 0.15) is 29.6 Å². The molecule has 5 aromatic rings. The van der Waals surface area contributed by atoms with Gasteiger partial charge in [-0.1, -0.05) is 90.3 Å². The third-order valence-electron chi connectivity index (χ3n) is 8.48. The van der Waals surface area contributed by atoms with Gasteiger partial charge in [-0.15, -0.1) is 5.06 Å². The number of methoxy groups -OCH3 is 2. The Labute approximate surface area is 323 Å². The zero-order valence-electron chi connectivity index (χ0n) is 30.2. The van der Waals surface area contributed by atoms with Gasteiger partial charge in [0.15, 0.2) is 0 Å². The molecule has 0 atom stereocenters. The molecule has 0 spiro atoms. The summed E-state index contributed by atoms with van der Waals surface area (Å²) < 4.78 is 25.1. The predicted octanol–water partition coefficient (Wildman–Crippen LogP) is 9.80. The number of benzene rings is 5. The van der Waals surface area contributed by atoms with Crippen molar-refractivity contribution in [1.29, 1.82) is 0 Å². The lowest BCUT2D eigenvalue weighted by atomic mass is 10.0. The molecular weight excluding hydrogens is 723 g/mol. The lowest BCUT2D eigenvalue weighted by Gasteiger charge is -2.21. The molecule has 5 aromatic carbocycles. The molecule has 0 saturated carbocycles. The van der Waals surface area contributed by atoms with Crippen LogP contribution in [0.3, 0.4) is 0 Å². The fourth-order valence-electron chi connectivity index (χ4n) is 5.72. The van der Waals surface area contributed by atoms with Gasteiger partial charge in [0.05, 0.1) is 30.6 Å². The van der Waals surface area contributed by atoms with Crippen LogP contribution in [0.5, 0.6) is 23.0 Å². The Morgan fingerprint density at radius 3 is 1.63 bits per heavy atom. The number of carbonyl (C=O) groups is 3. The first-order chi connectivity index (χ1) is 26.4. The highest BCUT2D eigenvalue weighted by Crippen LogP contribution is 2.49. The van der Waals surface area contributed by atoms with E-state index in [1.54, 1.807) is 37.7 Å². The van der Waals surface area contributed by atoms with Crippen LogP contribution in [0.1, 0.15) is 44.1 Å². The molecule has 2 amide bonds. The van der Waals surface area contributed by atoms with Crippen molar-refractivity contribution in [2.75, 3.05) is 20.8 Å². The number of amides is 2. The van der Waals surface area contributed by atoms with Crippen molar-refractivity contribution in [3.05, 3.63) is 121 Å². The van der Waals surface area contributed by atoms with Gasteiger partial charge in [-0.3, -0.25) is 9.59 Å². The first kappa shape index (κ1) is 38.3. The smallest absolute Gasteiger partial charge is 0.333 e. The van der Waals surface area contributed by atoms with E-state index < -0.39 is 17.8 Å². The number of unbranched alkanes of at least 4 members (excludes halogenated alkanes) is 2. The van der Waals surface area contributed by atoms with Crippen molar-refractivity contribution in [3.8, 4) is 34.1 Å². The van der Waals surface area contributed by atoms with Crippen molar-refractivity contribution in [3.63, 3.8) is 0 Å². The van der Waals surface area contributed by atoms with Crippen molar-refractivity contribution in [1.82, 2.24) is 5.06 Å². The van der Waals surface area contributed by atoms with E-state index in [2.05, 4.69) is 12.1 Å². The Morgan fingerprint density at radius 1 is 0.611 bits per heavy atom. The highest BCUT2D eigenvalue weighted by molar-refractivity contribution is 7.99. The maximum Gasteiger partial charge on any atom is 0.333 e. The van der Waals surface area contributed by atoms with Crippen LogP contribution in [-0.2, 0) is 25.8 Å². The number of carbonyl (C=O) groups excluding carboxylic acids is 3. The maximum atomic E-state index is 12.3. The molecule has 0 bridgehead atoms. The van der Waals surface area contributed by atoms with E-state index in [1.807, 2.05) is 103 Å². The zero-order valence-corrected chi connectivity index (χ0v) is 31.8. The minimum Gasteiger partial charge on any atom is -0.496 e. The number of ether oxygens (including phenoxy) is 4. The Balaban J connectivity index is 1.28. The molecule has 0 radical (unpaired) electrons. The van der Waals surface area contributed by atoms with Gasteiger partial charge in [0.2, 0.25) is 0 Å². The summed E-state index contributed by atoms with van der Waals surface area (Å²) in [6, 6.07) is 38.2. The van der Waals surface area contributed by atoms with Crippen LogP contribution in [-0.4, -0.2) is 43.7 Å². The number of hydrogen-bond donors (Lipinski definition) is 0. The van der Waals surface area contributed by atoms with E-state index in [-0.39, 0.29) is 19.3 Å². The molecule has 0 aliphatic carbocycles. The first-order valence-electron chi connectivity index (χ1n) is 17.7. The summed E-state index contributed by atoms with van der Waals surface area (Å²) in [6.07, 6.45) is 2.03. The Hall–Kier alpha value is -5.39.